The Hall–Kier alpha value is -2.02. The molecule has 1 aromatic rings. The minimum absolute atomic E-state index is 0.117. The molecule has 0 spiro atoms. The molecule has 0 atom stereocenters. The fraction of sp³-hybridized carbons (Fsp3) is 0.438. The van der Waals surface area contributed by atoms with Crippen LogP contribution >= 0.6 is 11.8 Å². The summed E-state index contributed by atoms with van der Waals surface area (Å²) in [6.07, 6.45) is 2.54. The van der Waals surface area contributed by atoms with Crippen molar-refractivity contribution in [2.75, 3.05) is 19.0 Å². The highest BCUT2D eigenvalue weighted by Gasteiger charge is 2.13. The Morgan fingerprint density at radius 1 is 1.17 bits per heavy atom. The van der Waals surface area contributed by atoms with Crippen LogP contribution in [-0.4, -0.2) is 36.9 Å². The Balaban J connectivity index is 1.69. The van der Waals surface area contributed by atoms with Crippen LogP contribution in [0.5, 0.6) is 0 Å². The molecular weight excluding hydrogens is 318 g/mol. The third kappa shape index (κ3) is 5.59. The molecule has 0 saturated carbocycles. The van der Waals surface area contributed by atoms with E-state index in [-0.39, 0.29) is 12.4 Å². The highest BCUT2D eigenvalue weighted by atomic mass is 32.2. The molecule has 0 unspecified atom stereocenters. The average molecular weight is 337 g/mol. The van der Waals surface area contributed by atoms with Crippen molar-refractivity contribution in [3.8, 4) is 0 Å². The van der Waals surface area contributed by atoms with Gasteiger partial charge in [0.1, 0.15) is 0 Å². The SMILES string of the molecule is CCOC(=O)NC(=O)COC(=O)CSc1ccc2c(c1)CCC2. The second-order valence-electron chi connectivity index (χ2n) is 5.00. The van der Waals surface area contributed by atoms with Crippen LogP contribution in [0.4, 0.5) is 4.79 Å². The number of amides is 2. The summed E-state index contributed by atoms with van der Waals surface area (Å²) in [7, 11) is 0. The third-order valence-corrected chi connectivity index (χ3v) is 4.28. The quantitative estimate of drug-likeness (QED) is 0.632. The minimum Gasteiger partial charge on any atom is -0.455 e. The van der Waals surface area contributed by atoms with Crippen molar-refractivity contribution in [2.45, 2.75) is 31.1 Å². The summed E-state index contributed by atoms with van der Waals surface area (Å²) in [5.41, 5.74) is 2.73. The number of ether oxygens (including phenoxy) is 2. The summed E-state index contributed by atoms with van der Waals surface area (Å²) < 4.78 is 9.36. The maximum atomic E-state index is 11.6. The van der Waals surface area contributed by atoms with E-state index < -0.39 is 24.6 Å². The third-order valence-electron chi connectivity index (χ3n) is 3.31. The first-order valence-electron chi connectivity index (χ1n) is 7.45. The average Bonchev–Trinajstić information content (AvgIpc) is 2.98. The number of alkyl carbamates (subject to hydrolysis) is 1. The Morgan fingerprint density at radius 2 is 1.96 bits per heavy atom. The molecule has 2 amide bonds. The fourth-order valence-electron chi connectivity index (χ4n) is 2.29. The monoisotopic (exact) mass is 337 g/mol. The van der Waals surface area contributed by atoms with Gasteiger partial charge in [0.2, 0.25) is 0 Å². The number of carbonyl (C=O) groups is 3. The smallest absolute Gasteiger partial charge is 0.413 e. The normalized spacial score (nSPS) is 12.4. The zero-order chi connectivity index (χ0) is 16.7. The summed E-state index contributed by atoms with van der Waals surface area (Å²) in [6, 6.07) is 6.20. The molecule has 1 aliphatic rings. The lowest BCUT2D eigenvalue weighted by atomic mass is 10.1. The van der Waals surface area contributed by atoms with E-state index in [1.54, 1.807) is 6.92 Å². The van der Waals surface area contributed by atoms with Crippen molar-refractivity contribution in [1.29, 1.82) is 0 Å². The molecule has 23 heavy (non-hydrogen) atoms. The van der Waals surface area contributed by atoms with E-state index in [0.29, 0.717) is 0 Å². The molecule has 0 heterocycles. The molecule has 1 N–H and O–H groups in total. The van der Waals surface area contributed by atoms with Gasteiger partial charge in [-0.2, -0.15) is 0 Å². The number of fused-ring (bicyclic) bond motifs is 1. The second kappa shape index (κ2) is 8.57. The minimum atomic E-state index is -0.846. The van der Waals surface area contributed by atoms with E-state index in [1.165, 1.54) is 29.3 Å². The maximum absolute atomic E-state index is 11.6. The number of hydrogen-bond acceptors (Lipinski definition) is 6. The lowest BCUT2D eigenvalue weighted by molar-refractivity contribution is -0.145. The van der Waals surface area contributed by atoms with E-state index in [1.807, 2.05) is 11.4 Å². The zero-order valence-corrected chi connectivity index (χ0v) is 13.7. The van der Waals surface area contributed by atoms with Gasteiger partial charge < -0.3 is 9.47 Å². The van der Waals surface area contributed by atoms with Gasteiger partial charge in [-0.05, 0) is 49.4 Å². The molecule has 7 heteroatoms. The molecule has 0 aliphatic heterocycles. The van der Waals surface area contributed by atoms with E-state index in [2.05, 4.69) is 16.9 Å². The van der Waals surface area contributed by atoms with Crippen LogP contribution in [0.15, 0.2) is 23.1 Å². The van der Waals surface area contributed by atoms with E-state index in [9.17, 15) is 14.4 Å². The first-order chi connectivity index (χ1) is 11.1. The fourth-order valence-corrected chi connectivity index (χ4v) is 3.04. The van der Waals surface area contributed by atoms with E-state index >= 15 is 0 Å². The van der Waals surface area contributed by atoms with Gasteiger partial charge in [-0.1, -0.05) is 6.07 Å². The van der Waals surface area contributed by atoms with Gasteiger partial charge in [0.15, 0.2) is 6.61 Å². The largest absolute Gasteiger partial charge is 0.455 e. The van der Waals surface area contributed by atoms with Crippen molar-refractivity contribution in [3.05, 3.63) is 29.3 Å². The van der Waals surface area contributed by atoms with Gasteiger partial charge in [-0.3, -0.25) is 14.9 Å². The number of esters is 1. The molecule has 0 fully saturated rings. The summed E-state index contributed by atoms with van der Waals surface area (Å²) >= 11 is 1.37. The second-order valence-corrected chi connectivity index (χ2v) is 6.05. The summed E-state index contributed by atoms with van der Waals surface area (Å²) in [4.78, 5) is 35.0. The van der Waals surface area contributed by atoms with Crippen LogP contribution in [0.3, 0.4) is 0 Å². The molecule has 124 valence electrons. The van der Waals surface area contributed by atoms with Crippen molar-refractivity contribution in [1.82, 2.24) is 5.32 Å². The predicted molar refractivity (Wildman–Crippen MR) is 85.3 cm³/mol. The van der Waals surface area contributed by atoms with Crippen molar-refractivity contribution < 1.29 is 23.9 Å². The highest BCUT2D eigenvalue weighted by Crippen LogP contribution is 2.27. The first-order valence-corrected chi connectivity index (χ1v) is 8.44. The van der Waals surface area contributed by atoms with Gasteiger partial charge >= 0.3 is 12.1 Å². The van der Waals surface area contributed by atoms with Gasteiger partial charge in [-0.15, -0.1) is 11.8 Å². The number of benzene rings is 1. The van der Waals surface area contributed by atoms with Crippen molar-refractivity contribution in [3.63, 3.8) is 0 Å². The topological polar surface area (TPSA) is 81.7 Å². The van der Waals surface area contributed by atoms with Gasteiger partial charge in [0, 0.05) is 4.90 Å². The van der Waals surface area contributed by atoms with E-state index in [4.69, 9.17) is 4.74 Å². The number of thioether (sulfide) groups is 1. The molecule has 2 rings (SSSR count). The summed E-state index contributed by atoms with van der Waals surface area (Å²) in [6.45, 7) is 1.29. The van der Waals surface area contributed by atoms with Crippen LogP contribution in [0.1, 0.15) is 24.5 Å². The molecule has 1 aromatic carbocycles. The lowest BCUT2D eigenvalue weighted by Crippen LogP contribution is -2.34. The highest BCUT2D eigenvalue weighted by molar-refractivity contribution is 8.00. The molecule has 6 nitrogen and oxygen atoms in total. The lowest BCUT2D eigenvalue weighted by Gasteiger charge is -2.06. The standard InChI is InChI=1S/C16H19NO5S/c1-2-21-16(20)17-14(18)9-22-15(19)10-23-13-7-6-11-4-3-5-12(11)8-13/h6-8H,2-5,9-10H2,1H3,(H,17,18,20). The number of hydrogen-bond donors (Lipinski definition) is 1. The van der Waals surface area contributed by atoms with Crippen LogP contribution in [-0.2, 0) is 31.9 Å². The van der Waals surface area contributed by atoms with Crippen LogP contribution in [0, 0.1) is 0 Å². The first kappa shape index (κ1) is 17.3. The number of carbonyl (C=O) groups excluding carboxylic acids is 3. The van der Waals surface area contributed by atoms with Crippen molar-refractivity contribution >= 4 is 29.7 Å². The van der Waals surface area contributed by atoms with Crippen LogP contribution in [0.2, 0.25) is 0 Å². The van der Waals surface area contributed by atoms with Gasteiger partial charge in [0.25, 0.3) is 5.91 Å². The molecule has 0 aromatic heterocycles. The molecule has 0 saturated heterocycles. The Morgan fingerprint density at radius 3 is 2.74 bits per heavy atom. The molecule has 1 aliphatic carbocycles. The number of imide groups is 1. The van der Waals surface area contributed by atoms with E-state index in [0.717, 1.165) is 17.7 Å². The Bertz CT molecular complexity index is 602. The summed E-state index contributed by atoms with van der Waals surface area (Å²) in [5.74, 6) is -1.10. The zero-order valence-electron chi connectivity index (χ0n) is 12.9. The van der Waals surface area contributed by atoms with Crippen LogP contribution < -0.4 is 5.32 Å². The number of rotatable bonds is 6. The predicted octanol–water partition coefficient (Wildman–Crippen LogP) is 2.08. The van der Waals surface area contributed by atoms with Crippen LogP contribution in [0.25, 0.3) is 0 Å². The molecule has 0 bridgehead atoms. The molecule has 0 radical (unpaired) electrons. The maximum Gasteiger partial charge on any atom is 0.413 e. The Kier molecular flexibility index (Phi) is 6.46. The van der Waals surface area contributed by atoms with Gasteiger partial charge in [-0.25, -0.2) is 4.79 Å². The Labute approximate surface area is 138 Å². The summed E-state index contributed by atoms with van der Waals surface area (Å²) in [5, 5.41) is 1.95. The number of aryl methyl sites for hydroxylation is 2. The molecular formula is C16H19NO5S. The number of nitrogens with one attached hydrogen (secondary N) is 1. The van der Waals surface area contributed by atoms with Gasteiger partial charge in [0.05, 0.1) is 12.4 Å². The van der Waals surface area contributed by atoms with Crippen molar-refractivity contribution in [2.24, 2.45) is 0 Å².